The molecule has 0 spiro atoms. The van der Waals surface area contributed by atoms with Crippen molar-refractivity contribution in [3.8, 4) is 5.75 Å². The largest absolute Gasteiger partial charge is 0.493 e. The van der Waals surface area contributed by atoms with Crippen molar-refractivity contribution >= 4 is 22.8 Å². The average molecular weight is 525 g/mol. The van der Waals surface area contributed by atoms with Crippen LogP contribution in [0.1, 0.15) is 95.9 Å². The van der Waals surface area contributed by atoms with Crippen molar-refractivity contribution in [1.82, 2.24) is 0 Å². The van der Waals surface area contributed by atoms with E-state index in [1.165, 1.54) is 37.6 Å². The van der Waals surface area contributed by atoms with Crippen LogP contribution in [0.25, 0.3) is 11.1 Å². The van der Waals surface area contributed by atoms with Gasteiger partial charge in [-0.05, 0) is 59.7 Å². The van der Waals surface area contributed by atoms with Crippen LogP contribution in [-0.2, 0) is 16.0 Å². The summed E-state index contributed by atoms with van der Waals surface area (Å²) in [5.41, 5.74) is 14.8. The lowest BCUT2D eigenvalue weighted by atomic mass is 9.83. The van der Waals surface area contributed by atoms with Gasteiger partial charge in [0.15, 0.2) is 5.78 Å². The summed E-state index contributed by atoms with van der Waals surface area (Å²) in [6.45, 7) is 14.5. The number of ether oxygens (including phenoxy) is 1. The Morgan fingerprint density at radius 2 is 1.74 bits per heavy atom. The molecule has 1 amide bonds. The van der Waals surface area contributed by atoms with Gasteiger partial charge in [0, 0.05) is 11.8 Å². The number of unbranched alkanes of at least 4 members (excludes halogenated alkanes) is 2. The van der Waals surface area contributed by atoms with Crippen LogP contribution in [0.4, 0.5) is 4.39 Å². The highest BCUT2D eigenvalue weighted by Gasteiger charge is 2.30. The van der Waals surface area contributed by atoms with Gasteiger partial charge in [0.1, 0.15) is 11.6 Å². The molecule has 2 aromatic carbocycles. The lowest BCUT2D eigenvalue weighted by molar-refractivity contribution is -0.118. The highest BCUT2D eigenvalue weighted by molar-refractivity contribution is 6.23. The number of benzene rings is 2. The predicted octanol–water partition coefficient (Wildman–Crippen LogP) is 7.18. The summed E-state index contributed by atoms with van der Waals surface area (Å²) in [6.07, 6.45) is 7.48. The molecule has 0 bridgehead atoms. The molecule has 3 rings (SSSR count). The molecule has 0 saturated heterocycles. The minimum absolute atomic E-state index is 0.0587. The van der Waals surface area contributed by atoms with Crippen LogP contribution in [0.2, 0.25) is 0 Å². The van der Waals surface area contributed by atoms with Crippen LogP contribution in [0, 0.1) is 11.7 Å². The number of nitrogens with two attached hydrogens (primary N) is 2. The summed E-state index contributed by atoms with van der Waals surface area (Å²) in [5.74, 6) is -0.730. The molecule has 6 heteroatoms. The SMILES string of the molecule is C/C=C(/C(=O)C1COc2ccc(F)cc2C1)c1ccc(/C(=C/N)C(N)=O)cc1C(C)C.CC.CCCCC. The Kier molecular flexibility index (Phi) is 14.1. The maximum absolute atomic E-state index is 13.6. The van der Waals surface area contributed by atoms with E-state index in [4.69, 9.17) is 16.2 Å². The number of amides is 1. The van der Waals surface area contributed by atoms with Crippen molar-refractivity contribution in [2.75, 3.05) is 6.61 Å². The lowest BCUT2D eigenvalue weighted by Gasteiger charge is -2.26. The molecule has 0 fully saturated rings. The number of rotatable bonds is 8. The van der Waals surface area contributed by atoms with Gasteiger partial charge in [-0.1, -0.05) is 85.1 Å². The fraction of sp³-hybridized carbons (Fsp3) is 0.438. The quantitative estimate of drug-likeness (QED) is 0.358. The fourth-order valence-corrected chi connectivity index (χ4v) is 4.31. The number of halogens is 1. The number of hydrogen-bond acceptors (Lipinski definition) is 4. The van der Waals surface area contributed by atoms with Crippen LogP contribution < -0.4 is 16.2 Å². The molecule has 0 radical (unpaired) electrons. The monoisotopic (exact) mass is 524 g/mol. The van der Waals surface area contributed by atoms with Gasteiger partial charge in [0.05, 0.1) is 18.1 Å². The zero-order chi connectivity index (χ0) is 28.8. The van der Waals surface area contributed by atoms with Gasteiger partial charge in [0.25, 0.3) is 5.91 Å². The number of Topliss-reactive ketones (excluding diaryl/α,β-unsaturated/α-hetero) is 1. The summed E-state index contributed by atoms with van der Waals surface area (Å²) in [7, 11) is 0. The van der Waals surface area contributed by atoms with E-state index < -0.39 is 11.8 Å². The van der Waals surface area contributed by atoms with E-state index in [0.717, 1.165) is 11.1 Å². The van der Waals surface area contributed by atoms with E-state index in [2.05, 4.69) is 13.8 Å². The first-order chi connectivity index (χ1) is 18.2. The number of allylic oxidation sites excluding steroid dienone is 2. The first-order valence-corrected chi connectivity index (χ1v) is 13.7. The molecule has 1 unspecified atom stereocenters. The van der Waals surface area contributed by atoms with Gasteiger partial charge in [-0.25, -0.2) is 4.39 Å². The van der Waals surface area contributed by atoms with Crippen molar-refractivity contribution in [1.29, 1.82) is 0 Å². The molecule has 5 nitrogen and oxygen atoms in total. The van der Waals surface area contributed by atoms with Crippen molar-refractivity contribution in [3.05, 3.63) is 76.7 Å². The number of ketones is 1. The van der Waals surface area contributed by atoms with Gasteiger partial charge >= 0.3 is 0 Å². The van der Waals surface area contributed by atoms with E-state index in [1.54, 1.807) is 18.2 Å². The number of carbonyl (C=O) groups is 2. The molecule has 4 N–H and O–H groups in total. The second-order valence-electron chi connectivity index (χ2n) is 9.29. The number of primary amides is 1. The molecule has 0 aromatic heterocycles. The molecule has 2 aromatic rings. The molecular weight excluding hydrogens is 479 g/mol. The summed E-state index contributed by atoms with van der Waals surface area (Å²) >= 11 is 0. The first-order valence-electron chi connectivity index (χ1n) is 13.7. The highest BCUT2D eigenvalue weighted by Crippen LogP contribution is 2.34. The van der Waals surface area contributed by atoms with E-state index in [0.29, 0.717) is 28.9 Å². The minimum Gasteiger partial charge on any atom is -0.493 e. The molecule has 38 heavy (non-hydrogen) atoms. The molecule has 1 aliphatic heterocycles. The van der Waals surface area contributed by atoms with E-state index >= 15 is 0 Å². The zero-order valence-electron chi connectivity index (χ0n) is 24.1. The second kappa shape index (κ2) is 16.4. The standard InChI is InChI=1S/C25H27FN2O3.C5H12.C2H6/c1-4-19(24(29)17-9-16-10-18(26)6-8-23(16)31-13-17)20-7-5-15(11-21(20)14(2)3)22(12-27)25(28)30;1-3-5-4-2;1-2/h4-8,10-12,14,17H,9,13,27H2,1-3H3,(H2,28,30);3-5H2,1-2H3;1-2H3/b19-4+,22-12-;;. The molecule has 1 atom stereocenters. The molecular formula is C32H45FN2O3. The Hall–Kier alpha value is -3.41. The van der Waals surface area contributed by atoms with Gasteiger partial charge < -0.3 is 16.2 Å². The molecule has 0 aliphatic carbocycles. The predicted molar refractivity (Wildman–Crippen MR) is 156 cm³/mol. The van der Waals surface area contributed by atoms with E-state index in [9.17, 15) is 14.0 Å². The minimum atomic E-state index is -0.613. The summed E-state index contributed by atoms with van der Waals surface area (Å²) in [6, 6.07) is 9.78. The van der Waals surface area contributed by atoms with Crippen molar-refractivity contribution in [3.63, 3.8) is 0 Å². The second-order valence-corrected chi connectivity index (χ2v) is 9.29. The third kappa shape index (κ3) is 8.57. The maximum atomic E-state index is 13.6. The van der Waals surface area contributed by atoms with E-state index in [-0.39, 0.29) is 29.7 Å². The van der Waals surface area contributed by atoms with Crippen LogP contribution in [0.15, 0.2) is 48.7 Å². The average Bonchev–Trinajstić information content (AvgIpc) is 2.91. The molecule has 1 aliphatic rings. The van der Waals surface area contributed by atoms with Crippen molar-refractivity contribution < 1.29 is 18.7 Å². The zero-order valence-corrected chi connectivity index (χ0v) is 24.1. The third-order valence-corrected chi connectivity index (χ3v) is 6.27. The molecule has 208 valence electrons. The number of fused-ring (bicyclic) bond motifs is 1. The number of carbonyl (C=O) groups excluding carboxylic acids is 2. The van der Waals surface area contributed by atoms with Gasteiger partial charge in [-0.3, -0.25) is 9.59 Å². The Morgan fingerprint density at radius 3 is 2.24 bits per heavy atom. The fourth-order valence-electron chi connectivity index (χ4n) is 4.31. The van der Waals surface area contributed by atoms with Gasteiger partial charge in [-0.15, -0.1) is 0 Å². The van der Waals surface area contributed by atoms with Crippen LogP contribution in [-0.4, -0.2) is 18.3 Å². The highest BCUT2D eigenvalue weighted by atomic mass is 19.1. The Labute approximate surface area is 228 Å². The van der Waals surface area contributed by atoms with Crippen molar-refractivity contribution in [2.24, 2.45) is 17.4 Å². The van der Waals surface area contributed by atoms with Crippen LogP contribution in [0.5, 0.6) is 5.75 Å². The Morgan fingerprint density at radius 1 is 1.08 bits per heavy atom. The smallest absolute Gasteiger partial charge is 0.250 e. The normalized spacial score (nSPS) is 14.8. The topological polar surface area (TPSA) is 95.4 Å². The van der Waals surface area contributed by atoms with E-state index in [1.807, 2.05) is 46.8 Å². The summed E-state index contributed by atoms with van der Waals surface area (Å²) in [5, 5.41) is 0. The van der Waals surface area contributed by atoms with Crippen LogP contribution in [0.3, 0.4) is 0 Å². The Balaban J connectivity index is 0.000000924. The van der Waals surface area contributed by atoms with Crippen molar-refractivity contribution in [2.45, 2.75) is 80.1 Å². The van der Waals surface area contributed by atoms with Crippen LogP contribution >= 0.6 is 0 Å². The lowest BCUT2D eigenvalue weighted by Crippen LogP contribution is -2.29. The Bertz CT molecular complexity index is 1130. The third-order valence-electron chi connectivity index (χ3n) is 6.27. The van der Waals surface area contributed by atoms with Gasteiger partial charge in [-0.2, -0.15) is 0 Å². The molecule has 1 heterocycles. The maximum Gasteiger partial charge on any atom is 0.250 e. The summed E-state index contributed by atoms with van der Waals surface area (Å²) in [4.78, 5) is 25.1. The summed E-state index contributed by atoms with van der Waals surface area (Å²) < 4.78 is 19.4. The van der Waals surface area contributed by atoms with Gasteiger partial charge in [0.2, 0.25) is 0 Å². The molecule has 0 saturated carbocycles. The first kappa shape index (κ1) is 32.6. The number of hydrogen-bond donors (Lipinski definition) is 2.